The molecule has 1 fully saturated rings. The van der Waals surface area contributed by atoms with Crippen molar-refractivity contribution in [3.05, 3.63) is 84.1 Å². The zero-order chi connectivity index (χ0) is 20.2. The maximum Gasteiger partial charge on any atom is 0.185 e. The van der Waals surface area contributed by atoms with Crippen LogP contribution >= 0.6 is 0 Å². The molecule has 0 spiro atoms. The van der Waals surface area contributed by atoms with Gasteiger partial charge in [0.25, 0.3) is 0 Å². The summed E-state index contributed by atoms with van der Waals surface area (Å²) in [7, 11) is -1.85. The average molecular weight is 394 g/mol. The minimum atomic E-state index is -1.85. The molecule has 2 aromatic rings. The van der Waals surface area contributed by atoms with Crippen molar-refractivity contribution >= 4 is 8.32 Å². The van der Waals surface area contributed by atoms with Crippen molar-refractivity contribution in [1.29, 1.82) is 0 Å². The molecule has 1 saturated heterocycles. The smallest absolute Gasteiger partial charge is 0.185 e. The zero-order valence-electron chi connectivity index (χ0n) is 18.1. The topological polar surface area (TPSA) is 12.5 Å². The molecular formula is C25H35NOSi. The highest BCUT2D eigenvalue weighted by molar-refractivity contribution is 6.69. The summed E-state index contributed by atoms with van der Waals surface area (Å²) in [6, 6.07) is 22.0. The fourth-order valence-corrected chi connectivity index (χ4v) is 5.62. The van der Waals surface area contributed by atoms with Crippen LogP contribution in [0.1, 0.15) is 37.8 Å². The first-order chi connectivity index (χ1) is 13.3. The van der Waals surface area contributed by atoms with Gasteiger partial charge in [0.15, 0.2) is 8.32 Å². The molecule has 1 heterocycles. The van der Waals surface area contributed by atoms with Gasteiger partial charge < -0.3 is 9.33 Å². The highest BCUT2D eigenvalue weighted by Crippen LogP contribution is 2.45. The SMILES string of the molecule is CC(C)/C=C/N1CCC[C@H]1C(O[Si](C)(C)C)(c1ccccc1)c1ccccc1. The molecule has 1 atom stereocenters. The summed E-state index contributed by atoms with van der Waals surface area (Å²) in [6.45, 7) is 12.5. The normalized spacial score (nSPS) is 18.4. The number of benzene rings is 2. The Balaban J connectivity index is 2.20. The number of allylic oxidation sites excluding steroid dienone is 1. The summed E-state index contributed by atoms with van der Waals surface area (Å²) >= 11 is 0. The highest BCUT2D eigenvalue weighted by atomic mass is 28.4. The average Bonchev–Trinajstić information content (AvgIpc) is 3.14. The number of nitrogens with zero attached hydrogens (tertiary/aromatic N) is 1. The second kappa shape index (κ2) is 8.67. The van der Waals surface area contributed by atoms with Crippen LogP contribution in [0, 0.1) is 5.92 Å². The van der Waals surface area contributed by atoms with Crippen LogP contribution in [-0.2, 0) is 10.0 Å². The Bertz CT molecular complexity index is 725. The summed E-state index contributed by atoms with van der Waals surface area (Å²) in [5, 5.41) is 0. The fourth-order valence-electron chi connectivity index (χ4n) is 4.28. The van der Waals surface area contributed by atoms with Crippen molar-refractivity contribution in [1.82, 2.24) is 4.90 Å². The molecule has 3 heteroatoms. The Hall–Kier alpha value is -1.84. The van der Waals surface area contributed by atoms with Gasteiger partial charge in [0.05, 0.1) is 6.04 Å². The van der Waals surface area contributed by atoms with Gasteiger partial charge in [-0.05, 0) is 55.7 Å². The molecule has 2 aromatic carbocycles. The molecular weight excluding hydrogens is 358 g/mol. The molecule has 0 bridgehead atoms. The first kappa shape index (κ1) is 20.9. The second-order valence-corrected chi connectivity index (χ2v) is 13.6. The van der Waals surface area contributed by atoms with Crippen LogP contribution in [0.4, 0.5) is 0 Å². The molecule has 1 aliphatic rings. The van der Waals surface area contributed by atoms with E-state index in [0.717, 1.165) is 13.0 Å². The van der Waals surface area contributed by atoms with Gasteiger partial charge in [-0.15, -0.1) is 0 Å². The summed E-state index contributed by atoms with van der Waals surface area (Å²) in [5.41, 5.74) is 2.07. The minimum Gasteiger partial charge on any atom is -0.402 e. The highest BCUT2D eigenvalue weighted by Gasteiger charge is 2.49. The van der Waals surface area contributed by atoms with Crippen LogP contribution in [-0.4, -0.2) is 25.8 Å². The van der Waals surface area contributed by atoms with Crippen molar-refractivity contribution in [2.45, 2.75) is 58.0 Å². The molecule has 28 heavy (non-hydrogen) atoms. The zero-order valence-corrected chi connectivity index (χ0v) is 19.1. The molecule has 150 valence electrons. The molecule has 2 nitrogen and oxygen atoms in total. The van der Waals surface area contributed by atoms with Crippen molar-refractivity contribution in [3.63, 3.8) is 0 Å². The summed E-state index contributed by atoms with van der Waals surface area (Å²) in [5.74, 6) is 0.544. The number of hydrogen-bond acceptors (Lipinski definition) is 2. The number of likely N-dealkylation sites (tertiary alicyclic amines) is 1. The van der Waals surface area contributed by atoms with Gasteiger partial charge in [-0.3, -0.25) is 0 Å². The van der Waals surface area contributed by atoms with E-state index in [0.29, 0.717) is 12.0 Å². The van der Waals surface area contributed by atoms with E-state index in [2.05, 4.69) is 111 Å². The lowest BCUT2D eigenvalue weighted by molar-refractivity contribution is 0.0283. The predicted octanol–water partition coefficient (Wildman–Crippen LogP) is 6.42. The molecule has 0 unspecified atom stereocenters. The third kappa shape index (κ3) is 4.58. The van der Waals surface area contributed by atoms with Crippen LogP contribution in [0.15, 0.2) is 72.9 Å². The van der Waals surface area contributed by atoms with Crippen LogP contribution in [0.2, 0.25) is 19.6 Å². The Labute approximate surface area is 172 Å². The summed E-state index contributed by atoms with van der Waals surface area (Å²) in [6.07, 6.45) is 6.96. The Morgan fingerprint density at radius 2 is 1.50 bits per heavy atom. The van der Waals surface area contributed by atoms with E-state index >= 15 is 0 Å². The van der Waals surface area contributed by atoms with Gasteiger partial charge in [-0.2, -0.15) is 0 Å². The van der Waals surface area contributed by atoms with E-state index in [1.807, 2.05) is 0 Å². The van der Waals surface area contributed by atoms with E-state index in [1.54, 1.807) is 0 Å². The maximum atomic E-state index is 7.18. The number of hydrogen-bond donors (Lipinski definition) is 0. The summed E-state index contributed by atoms with van der Waals surface area (Å²) in [4.78, 5) is 2.53. The van der Waals surface area contributed by atoms with E-state index in [-0.39, 0.29) is 0 Å². The van der Waals surface area contributed by atoms with Crippen molar-refractivity contribution in [2.75, 3.05) is 6.54 Å². The van der Waals surface area contributed by atoms with Crippen LogP contribution in [0.3, 0.4) is 0 Å². The predicted molar refractivity (Wildman–Crippen MR) is 122 cm³/mol. The largest absolute Gasteiger partial charge is 0.402 e. The molecule has 1 aliphatic heterocycles. The number of rotatable bonds is 7. The molecule has 0 aromatic heterocycles. The standard InChI is InChI=1S/C25H35NOSi/c1-21(2)18-20-26-19-12-17-24(26)25(27-28(3,4)5,22-13-8-6-9-14-22)23-15-10-7-11-16-23/h6-11,13-16,18,20-21,24H,12,17,19H2,1-5H3/b20-18+/t24-/m0/s1. The Morgan fingerprint density at radius 3 is 1.96 bits per heavy atom. The van der Waals surface area contributed by atoms with E-state index < -0.39 is 13.9 Å². The fraction of sp³-hybridized carbons (Fsp3) is 0.440. The third-order valence-corrected chi connectivity index (χ3v) is 6.23. The van der Waals surface area contributed by atoms with Crippen LogP contribution in [0.5, 0.6) is 0 Å². The van der Waals surface area contributed by atoms with E-state index in [4.69, 9.17) is 4.43 Å². The van der Waals surface area contributed by atoms with E-state index in [1.165, 1.54) is 17.5 Å². The van der Waals surface area contributed by atoms with Gasteiger partial charge in [0.2, 0.25) is 0 Å². The van der Waals surface area contributed by atoms with Gasteiger partial charge in [0.1, 0.15) is 5.60 Å². The Kier molecular flexibility index (Phi) is 6.46. The third-order valence-electron chi connectivity index (χ3n) is 5.30. The monoisotopic (exact) mass is 393 g/mol. The van der Waals surface area contributed by atoms with Crippen molar-refractivity contribution in [2.24, 2.45) is 5.92 Å². The van der Waals surface area contributed by atoms with Crippen LogP contribution < -0.4 is 0 Å². The quantitative estimate of drug-likeness (QED) is 0.504. The lowest BCUT2D eigenvalue weighted by atomic mass is 9.79. The van der Waals surface area contributed by atoms with E-state index in [9.17, 15) is 0 Å². The van der Waals surface area contributed by atoms with Crippen molar-refractivity contribution in [3.8, 4) is 0 Å². The lowest BCUT2D eigenvalue weighted by Gasteiger charge is -2.47. The minimum absolute atomic E-state index is 0.291. The molecule has 0 saturated carbocycles. The molecule has 0 aliphatic carbocycles. The maximum absolute atomic E-state index is 7.18. The Morgan fingerprint density at radius 1 is 0.964 bits per heavy atom. The first-order valence-electron chi connectivity index (χ1n) is 10.6. The molecule has 0 radical (unpaired) electrons. The van der Waals surface area contributed by atoms with Gasteiger partial charge in [-0.25, -0.2) is 0 Å². The molecule has 3 rings (SSSR count). The molecule has 0 amide bonds. The van der Waals surface area contributed by atoms with Gasteiger partial charge in [-0.1, -0.05) is 80.6 Å². The van der Waals surface area contributed by atoms with Gasteiger partial charge in [0, 0.05) is 6.54 Å². The first-order valence-corrected chi connectivity index (χ1v) is 14.0. The summed E-state index contributed by atoms with van der Waals surface area (Å²) < 4.78 is 7.18. The lowest BCUT2D eigenvalue weighted by Crippen LogP contribution is -2.53. The molecule has 0 N–H and O–H groups in total. The second-order valence-electron chi connectivity index (χ2n) is 9.16. The van der Waals surface area contributed by atoms with Gasteiger partial charge >= 0.3 is 0 Å². The van der Waals surface area contributed by atoms with Crippen molar-refractivity contribution < 1.29 is 4.43 Å². The van der Waals surface area contributed by atoms with Crippen LogP contribution in [0.25, 0.3) is 0 Å².